The summed E-state index contributed by atoms with van der Waals surface area (Å²) in [7, 11) is 0. The van der Waals surface area contributed by atoms with Crippen molar-refractivity contribution >= 4 is 16.6 Å². The van der Waals surface area contributed by atoms with Crippen LogP contribution in [0.15, 0.2) is 41.3 Å². The van der Waals surface area contributed by atoms with Crippen molar-refractivity contribution in [1.82, 2.24) is 15.0 Å². The van der Waals surface area contributed by atoms with E-state index in [1.807, 2.05) is 37.3 Å². The van der Waals surface area contributed by atoms with Crippen molar-refractivity contribution < 1.29 is 0 Å². The number of nitrogens with zero attached hydrogens (tertiary/aromatic N) is 2. The zero-order chi connectivity index (χ0) is 17.1. The molecule has 5 nitrogen and oxygen atoms in total. The third kappa shape index (κ3) is 3.30. The number of rotatable bonds is 5. The van der Waals surface area contributed by atoms with Gasteiger partial charge in [0.25, 0.3) is 5.56 Å². The fourth-order valence-corrected chi connectivity index (χ4v) is 2.69. The first-order valence-corrected chi connectivity index (χ1v) is 8.27. The van der Waals surface area contributed by atoms with Gasteiger partial charge in [0.2, 0.25) is 0 Å². The van der Waals surface area contributed by atoms with Crippen LogP contribution in [-0.4, -0.2) is 15.0 Å². The highest BCUT2D eigenvalue weighted by Gasteiger charge is 2.09. The van der Waals surface area contributed by atoms with E-state index in [1.54, 1.807) is 6.20 Å². The maximum atomic E-state index is 11.9. The predicted molar refractivity (Wildman–Crippen MR) is 97.4 cm³/mol. The molecule has 0 aliphatic heterocycles. The Bertz CT molecular complexity index is 917. The van der Waals surface area contributed by atoms with Gasteiger partial charge in [-0.3, -0.25) is 4.79 Å². The number of nitrogens with one attached hydrogen (secondary N) is 2. The molecule has 3 aromatic rings. The Morgan fingerprint density at radius 2 is 1.96 bits per heavy atom. The minimum absolute atomic E-state index is 0.0636. The molecule has 1 aromatic carbocycles. The fraction of sp³-hybridized carbons (Fsp3) is 0.316. The SMILES string of the molecule is CCC(C)c1nc(C)cc(NCc2c[nH]c(=O)c3ccccc23)n1. The third-order valence-corrected chi connectivity index (χ3v) is 4.28. The average molecular weight is 322 g/mol. The van der Waals surface area contributed by atoms with Gasteiger partial charge in [0.05, 0.1) is 0 Å². The first kappa shape index (κ1) is 16.2. The Morgan fingerprint density at radius 1 is 1.21 bits per heavy atom. The highest BCUT2D eigenvalue weighted by molar-refractivity contribution is 5.84. The van der Waals surface area contributed by atoms with Crippen LogP contribution in [0.25, 0.3) is 10.8 Å². The summed E-state index contributed by atoms with van der Waals surface area (Å²) in [4.78, 5) is 23.9. The number of aromatic nitrogens is 3. The van der Waals surface area contributed by atoms with Gasteiger partial charge in [-0.1, -0.05) is 32.0 Å². The van der Waals surface area contributed by atoms with Crippen molar-refractivity contribution in [1.29, 1.82) is 0 Å². The molecular weight excluding hydrogens is 300 g/mol. The number of hydrogen-bond donors (Lipinski definition) is 2. The van der Waals surface area contributed by atoms with Crippen molar-refractivity contribution in [3.63, 3.8) is 0 Å². The maximum Gasteiger partial charge on any atom is 0.255 e. The smallest absolute Gasteiger partial charge is 0.255 e. The number of anilines is 1. The number of H-pyrrole nitrogens is 1. The molecule has 1 unspecified atom stereocenters. The van der Waals surface area contributed by atoms with Crippen LogP contribution in [-0.2, 0) is 6.54 Å². The number of fused-ring (bicyclic) bond motifs is 1. The normalized spacial score (nSPS) is 12.3. The van der Waals surface area contributed by atoms with Crippen molar-refractivity contribution in [2.75, 3.05) is 5.32 Å². The Balaban J connectivity index is 1.88. The summed E-state index contributed by atoms with van der Waals surface area (Å²) in [6.45, 7) is 6.84. The molecule has 0 amide bonds. The van der Waals surface area contributed by atoms with E-state index in [2.05, 4.69) is 34.1 Å². The van der Waals surface area contributed by atoms with Gasteiger partial charge in [-0.05, 0) is 30.4 Å². The number of hydrogen-bond acceptors (Lipinski definition) is 4. The van der Waals surface area contributed by atoms with E-state index in [9.17, 15) is 4.79 Å². The van der Waals surface area contributed by atoms with Gasteiger partial charge < -0.3 is 10.3 Å². The summed E-state index contributed by atoms with van der Waals surface area (Å²) in [6.07, 6.45) is 2.77. The van der Waals surface area contributed by atoms with Crippen LogP contribution in [0.2, 0.25) is 0 Å². The highest BCUT2D eigenvalue weighted by Crippen LogP contribution is 2.19. The molecule has 5 heteroatoms. The molecule has 0 spiro atoms. The van der Waals surface area contributed by atoms with Gasteiger partial charge in [-0.25, -0.2) is 9.97 Å². The molecule has 3 rings (SSSR count). The second-order valence-electron chi connectivity index (χ2n) is 6.10. The van der Waals surface area contributed by atoms with E-state index in [0.717, 1.165) is 34.7 Å². The molecule has 0 saturated carbocycles. The van der Waals surface area contributed by atoms with Gasteiger partial charge in [0.1, 0.15) is 11.6 Å². The van der Waals surface area contributed by atoms with E-state index in [1.165, 1.54) is 0 Å². The molecule has 1 atom stereocenters. The zero-order valence-electron chi connectivity index (χ0n) is 14.3. The van der Waals surface area contributed by atoms with Crippen LogP contribution in [0.4, 0.5) is 5.82 Å². The summed E-state index contributed by atoms with van der Waals surface area (Å²) >= 11 is 0. The van der Waals surface area contributed by atoms with Crippen molar-refractivity contribution in [3.05, 3.63) is 64.0 Å². The Labute approximate surface area is 141 Å². The van der Waals surface area contributed by atoms with E-state index in [4.69, 9.17) is 0 Å². The number of pyridine rings is 1. The third-order valence-electron chi connectivity index (χ3n) is 4.28. The number of aryl methyl sites for hydroxylation is 1. The summed E-state index contributed by atoms with van der Waals surface area (Å²) < 4.78 is 0. The van der Waals surface area contributed by atoms with Gasteiger partial charge >= 0.3 is 0 Å². The number of benzene rings is 1. The molecule has 0 fully saturated rings. The number of aromatic amines is 1. The van der Waals surface area contributed by atoms with Crippen LogP contribution in [0.3, 0.4) is 0 Å². The predicted octanol–water partition coefficient (Wildman–Crippen LogP) is 3.75. The Kier molecular flexibility index (Phi) is 4.60. The summed E-state index contributed by atoms with van der Waals surface area (Å²) in [6, 6.07) is 9.58. The molecular formula is C19H22N4O. The summed E-state index contributed by atoms with van der Waals surface area (Å²) in [5.41, 5.74) is 1.92. The molecule has 0 radical (unpaired) electrons. The molecule has 2 heterocycles. The standard InChI is InChI=1S/C19H22N4O/c1-4-12(2)18-22-13(3)9-17(23-18)20-10-14-11-21-19(24)16-8-6-5-7-15(14)16/h5-9,11-12H,4,10H2,1-3H3,(H,21,24)(H,20,22,23). The molecule has 2 aromatic heterocycles. The lowest BCUT2D eigenvalue weighted by atomic mass is 10.1. The van der Waals surface area contributed by atoms with Crippen molar-refractivity contribution in [2.45, 2.75) is 39.7 Å². The fourth-order valence-electron chi connectivity index (χ4n) is 2.69. The van der Waals surface area contributed by atoms with E-state index in [0.29, 0.717) is 17.8 Å². The zero-order valence-corrected chi connectivity index (χ0v) is 14.3. The van der Waals surface area contributed by atoms with Crippen LogP contribution in [0.1, 0.15) is 43.3 Å². The van der Waals surface area contributed by atoms with Crippen molar-refractivity contribution in [3.8, 4) is 0 Å². The molecule has 124 valence electrons. The van der Waals surface area contributed by atoms with Crippen LogP contribution in [0, 0.1) is 6.92 Å². The van der Waals surface area contributed by atoms with Crippen LogP contribution in [0.5, 0.6) is 0 Å². The highest BCUT2D eigenvalue weighted by atomic mass is 16.1. The Morgan fingerprint density at radius 3 is 2.71 bits per heavy atom. The topological polar surface area (TPSA) is 70.7 Å². The lowest BCUT2D eigenvalue weighted by Gasteiger charge is -2.12. The van der Waals surface area contributed by atoms with Crippen molar-refractivity contribution in [2.24, 2.45) is 0 Å². The molecule has 0 aliphatic carbocycles. The summed E-state index contributed by atoms with van der Waals surface area (Å²) in [5.74, 6) is 2.01. The van der Waals surface area contributed by atoms with Gasteiger partial charge in [0, 0.05) is 35.8 Å². The minimum Gasteiger partial charge on any atom is -0.366 e. The minimum atomic E-state index is -0.0636. The molecule has 2 N–H and O–H groups in total. The molecule has 24 heavy (non-hydrogen) atoms. The average Bonchev–Trinajstić information content (AvgIpc) is 2.60. The molecule has 0 saturated heterocycles. The van der Waals surface area contributed by atoms with E-state index >= 15 is 0 Å². The van der Waals surface area contributed by atoms with Gasteiger partial charge in [-0.2, -0.15) is 0 Å². The van der Waals surface area contributed by atoms with Crippen LogP contribution < -0.4 is 10.9 Å². The second-order valence-corrected chi connectivity index (χ2v) is 6.10. The van der Waals surface area contributed by atoms with E-state index < -0.39 is 0 Å². The first-order valence-electron chi connectivity index (χ1n) is 8.27. The second kappa shape index (κ2) is 6.83. The largest absolute Gasteiger partial charge is 0.366 e. The Hall–Kier alpha value is -2.69. The monoisotopic (exact) mass is 322 g/mol. The van der Waals surface area contributed by atoms with E-state index in [-0.39, 0.29) is 5.56 Å². The molecule has 0 aliphatic rings. The van der Waals surface area contributed by atoms with Gasteiger partial charge in [0.15, 0.2) is 0 Å². The van der Waals surface area contributed by atoms with Gasteiger partial charge in [-0.15, -0.1) is 0 Å². The maximum absolute atomic E-state index is 11.9. The lowest BCUT2D eigenvalue weighted by Crippen LogP contribution is -2.11. The van der Waals surface area contributed by atoms with Crippen LogP contribution >= 0.6 is 0 Å². The quantitative estimate of drug-likeness (QED) is 0.750. The first-order chi connectivity index (χ1) is 11.6. The summed E-state index contributed by atoms with van der Waals surface area (Å²) in [5, 5.41) is 5.02. The molecule has 0 bridgehead atoms. The lowest BCUT2D eigenvalue weighted by molar-refractivity contribution is 0.675.